The molecule has 46 heavy (non-hydrogen) atoms. The maximum absolute atomic E-state index is 12.5. The van der Waals surface area contributed by atoms with Crippen molar-refractivity contribution < 1.29 is 69.0 Å². The number of aliphatic hydroxyl groups excluding tert-OH is 6. The van der Waals surface area contributed by atoms with Crippen molar-refractivity contribution in [3.05, 3.63) is 35.4 Å². The molecule has 2 aromatic rings. The number of aromatic hydroxyl groups is 1. The number of carbonyl (C=O) groups excluding carboxylic acids is 1. The maximum Gasteiger partial charge on any atom is 0.229 e. The third-order valence-corrected chi connectivity index (χ3v) is 8.70. The Kier molecular flexibility index (Phi) is 11.0. The van der Waals surface area contributed by atoms with Crippen LogP contribution in [0.1, 0.15) is 36.8 Å². The first-order chi connectivity index (χ1) is 22.1. The highest BCUT2D eigenvalue weighted by Gasteiger charge is 2.48. The molecule has 4 bridgehead atoms. The fourth-order valence-corrected chi connectivity index (χ4v) is 6.04. The van der Waals surface area contributed by atoms with E-state index in [1.807, 2.05) is 0 Å². The van der Waals surface area contributed by atoms with Crippen LogP contribution in [-0.2, 0) is 31.8 Å². The summed E-state index contributed by atoms with van der Waals surface area (Å²) in [5.74, 6) is 0.584. The van der Waals surface area contributed by atoms with E-state index >= 15 is 0 Å². The number of ketones is 1. The van der Waals surface area contributed by atoms with Crippen LogP contribution in [0.2, 0.25) is 0 Å². The molecule has 3 aliphatic rings. The minimum atomic E-state index is -1.74. The van der Waals surface area contributed by atoms with Crippen LogP contribution < -0.4 is 14.2 Å². The van der Waals surface area contributed by atoms with Crippen LogP contribution in [0.15, 0.2) is 24.3 Å². The Morgan fingerprint density at radius 3 is 2.11 bits per heavy atom. The number of phenols is 1. The molecular formula is C32H42O14. The molecule has 0 unspecified atom stereocenters. The summed E-state index contributed by atoms with van der Waals surface area (Å²) in [6, 6.07) is 6.90. The Morgan fingerprint density at radius 2 is 1.41 bits per heavy atom. The van der Waals surface area contributed by atoms with Gasteiger partial charge in [0.15, 0.2) is 17.8 Å². The second-order valence-electron chi connectivity index (χ2n) is 11.7. The minimum absolute atomic E-state index is 0.00917. The van der Waals surface area contributed by atoms with Crippen LogP contribution in [0.3, 0.4) is 0 Å². The average Bonchev–Trinajstić information content (AvgIpc) is 3.33. The summed E-state index contributed by atoms with van der Waals surface area (Å²) in [6.07, 6.45) is -10.4. The number of aryl methyl sites for hydroxylation is 2. The lowest BCUT2D eigenvalue weighted by Gasteiger charge is -2.40. The van der Waals surface area contributed by atoms with Gasteiger partial charge in [0.2, 0.25) is 12.0 Å². The molecule has 0 aromatic heterocycles. The predicted molar refractivity (Wildman–Crippen MR) is 159 cm³/mol. The number of methoxy groups -OCH3 is 2. The molecule has 1 aliphatic carbocycles. The quantitative estimate of drug-likeness (QED) is 0.200. The van der Waals surface area contributed by atoms with Gasteiger partial charge in [-0.1, -0.05) is 6.07 Å². The summed E-state index contributed by atoms with van der Waals surface area (Å²) in [5, 5.41) is 72.7. The van der Waals surface area contributed by atoms with Crippen molar-refractivity contribution in [1.29, 1.82) is 0 Å². The number of benzene rings is 2. The third kappa shape index (κ3) is 6.95. The van der Waals surface area contributed by atoms with Gasteiger partial charge in [-0.2, -0.15) is 0 Å². The Balaban J connectivity index is 1.47. The van der Waals surface area contributed by atoms with Crippen molar-refractivity contribution in [2.75, 3.05) is 27.4 Å². The molecule has 2 aromatic carbocycles. The Bertz CT molecular complexity index is 1370. The van der Waals surface area contributed by atoms with E-state index in [2.05, 4.69) is 0 Å². The number of Topliss-reactive ketones (excluding diaryl/α,β-unsaturated/α-hetero) is 1. The number of hydrogen-bond acceptors (Lipinski definition) is 14. The molecule has 2 saturated heterocycles. The second-order valence-corrected chi connectivity index (χ2v) is 11.7. The van der Waals surface area contributed by atoms with Gasteiger partial charge in [0, 0.05) is 24.0 Å². The molecule has 9 atom stereocenters. The minimum Gasteiger partial charge on any atom is -0.507 e. The maximum atomic E-state index is 12.5. The van der Waals surface area contributed by atoms with Gasteiger partial charge in [0.1, 0.15) is 54.3 Å². The molecule has 0 amide bonds. The molecule has 0 radical (unpaired) electrons. The van der Waals surface area contributed by atoms with Crippen molar-refractivity contribution in [2.24, 2.45) is 0 Å². The standard InChI is InChI=1S/C32H42O14/c1-41-29-19-12-16(5-3-4-6-17(34)9-7-15-8-10-20(35)18(19)11-15)28(30(29)42-2)46-32-27(40)25(38)24(37)22(45-32)14-43-31-26(39)23(36)21(13-33)44-31/h8,10-12,21-27,31-33,35-40H,3-7,9,13-14H2,1-2H3/t21-,22+,23-,24+,25-,26+,27+,31+,32-/m0/s1. The third-order valence-electron chi connectivity index (χ3n) is 8.70. The van der Waals surface area contributed by atoms with Crippen molar-refractivity contribution in [1.82, 2.24) is 0 Å². The number of fused-ring (bicyclic) bond motifs is 5. The molecule has 14 nitrogen and oxygen atoms in total. The van der Waals surface area contributed by atoms with Crippen molar-refractivity contribution >= 4 is 5.78 Å². The Hall–Kier alpha value is -3.05. The zero-order valence-corrected chi connectivity index (χ0v) is 25.7. The topological polar surface area (TPSA) is 214 Å². The van der Waals surface area contributed by atoms with Crippen LogP contribution in [0.4, 0.5) is 0 Å². The van der Waals surface area contributed by atoms with Gasteiger partial charge in [-0.15, -0.1) is 0 Å². The van der Waals surface area contributed by atoms with E-state index in [1.54, 1.807) is 24.3 Å². The molecule has 5 rings (SSSR count). The van der Waals surface area contributed by atoms with E-state index < -0.39 is 68.5 Å². The fourth-order valence-electron chi connectivity index (χ4n) is 6.04. The van der Waals surface area contributed by atoms with Crippen molar-refractivity contribution in [3.63, 3.8) is 0 Å². The van der Waals surface area contributed by atoms with Crippen LogP contribution in [-0.4, -0.2) is 124 Å². The SMILES string of the molecule is COc1c2cc(c(O[C@@H]3O[C@H](CO[C@@H]4O[C@@H](CO)[C@H](O)[C@H]4O)[C@@H](O)[C@H](O)[C@H]3O)c1OC)CCCCC(=O)CCc1ccc(O)c-2c1. The number of ether oxygens (including phenoxy) is 6. The van der Waals surface area contributed by atoms with E-state index in [4.69, 9.17) is 28.4 Å². The lowest BCUT2D eigenvalue weighted by molar-refractivity contribution is -0.290. The van der Waals surface area contributed by atoms with Gasteiger partial charge < -0.3 is 64.2 Å². The van der Waals surface area contributed by atoms with Crippen LogP contribution >= 0.6 is 0 Å². The number of hydrogen-bond donors (Lipinski definition) is 7. The summed E-state index contributed by atoms with van der Waals surface area (Å²) in [5.41, 5.74) is 2.42. The van der Waals surface area contributed by atoms with Gasteiger partial charge in [-0.05, 0) is 55.0 Å². The smallest absolute Gasteiger partial charge is 0.229 e. The highest BCUT2D eigenvalue weighted by atomic mass is 16.7. The van der Waals surface area contributed by atoms with Crippen LogP contribution in [0.5, 0.6) is 23.0 Å². The van der Waals surface area contributed by atoms with Gasteiger partial charge >= 0.3 is 0 Å². The Labute approximate surface area is 265 Å². The number of phenolic OH excluding ortho intramolecular Hbond substituents is 1. The summed E-state index contributed by atoms with van der Waals surface area (Å²) < 4.78 is 34.4. The van der Waals surface area contributed by atoms with E-state index in [1.165, 1.54) is 14.2 Å². The normalized spacial score (nSPS) is 31.8. The first-order valence-corrected chi connectivity index (χ1v) is 15.3. The zero-order valence-electron chi connectivity index (χ0n) is 25.7. The van der Waals surface area contributed by atoms with Gasteiger partial charge in [0.05, 0.1) is 27.4 Å². The lowest BCUT2D eigenvalue weighted by Crippen LogP contribution is -2.60. The van der Waals surface area contributed by atoms with Gasteiger partial charge in [-0.3, -0.25) is 4.79 Å². The van der Waals surface area contributed by atoms with Crippen molar-refractivity contribution in [3.8, 4) is 34.1 Å². The summed E-state index contributed by atoms with van der Waals surface area (Å²) >= 11 is 0. The number of carbonyl (C=O) groups is 1. The predicted octanol–water partition coefficient (Wildman–Crippen LogP) is -0.0535. The first-order valence-electron chi connectivity index (χ1n) is 15.3. The van der Waals surface area contributed by atoms with E-state index in [9.17, 15) is 40.5 Å². The molecule has 2 aliphatic heterocycles. The van der Waals surface area contributed by atoms with E-state index in [0.717, 1.165) is 5.56 Å². The molecule has 2 heterocycles. The van der Waals surface area contributed by atoms with E-state index in [-0.39, 0.29) is 28.8 Å². The molecule has 2 fully saturated rings. The zero-order chi connectivity index (χ0) is 33.1. The molecule has 0 spiro atoms. The summed E-state index contributed by atoms with van der Waals surface area (Å²) in [4.78, 5) is 12.5. The van der Waals surface area contributed by atoms with Crippen molar-refractivity contribution in [2.45, 2.75) is 93.8 Å². The molecular weight excluding hydrogens is 608 g/mol. The number of aliphatic hydroxyl groups is 6. The lowest BCUT2D eigenvalue weighted by atomic mass is 9.95. The van der Waals surface area contributed by atoms with Crippen LogP contribution in [0, 0.1) is 0 Å². The fraction of sp³-hybridized carbons (Fsp3) is 0.594. The van der Waals surface area contributed by atoms with Crippen LogP contribution in [0.25, 0.3) is 11.1 Å². The first kappa shape index (κ1) is 34.3. The summed E-state index contributed by atoms with van der Waals surface area (Å²) in [7, 11) is 2.82. The monoisotopic (exact) mass is 650 g/mol. The van der Waals surface area contributed by atoms with Gasteiger partial charge in [0.25, 0.3) is 0 Å². The van der Waals surface area contributed by atoms with Gasteiger partial charge in [-0.25, -0.2) is 0 Å². The highest BCUT2D eigenvalue weighted by Crippen LogP contribution is 2.50. The molecule has 7 N–H and O–H groups in total. The molecule has 0 saturated carbocycles. The summed E-state index contributed by atoms with van der Waals surface area (Å²) in [6.45, 7) is -1.01. The molecule has 254 valence electrons. The van der Waals surface area contributed by atoms with E-state index in [0.29, 0.717) is 55.2 Å². The Morgan fingerprint density at radius 1 is 0.739 bits per heavy atom. The second kappa shape index (κ2) is 14.8. The highest BCUT2D eigenvalue weighted by molar-refractivity contribution is 5.82. The number of rotatable bonds is 8. The molecule has 14 heteroatoms. The largest absolute Gasteiger partial charge is 0.507 e. The average molecular weight is 651 g/mol.